The molecule has 0 atom stereocenters. The van der Waals surface area contributed by atoms with E-state index in [2.05, 4.69) is 31.2 Å². The summed E-state index contributed by atoms with van der Waals surface area (Å²) in [5.74, 6) is 2.79. The van der Waals surface area contributed by atoms with Crippen LogP contribution in [0.5, 0.6) is 0 Å². The first kappa shape index (κ1) is 14.0. The van der Waals surface area contributed by atoms with E-state index in [1.165, 1.54) is 0 Å². The normalized spacial score (nSPS) is 10.7. The minimum Gasteiger partial charge on any atom is -0.458 e. The summed E-state index contributed by atoms with van der Waals surface area (Å²) < 4.78 is 11.5. The zero-order valence-corrected chi connectivity index (χ0v) is 12.7. The minimum atomic E-state index is 0.411. The number of rotatable bonds is 5. The van der Waals surface area contributed by atoms with E-state index in [4.69, 9.17) is 9.15 Å². The average Bonchev–Trinajstić information content (AvgIpc) is 2.81. The van der Waals surface area contributed by atoms with Crippen LogP contribution in [0.1, 0.15) is 18.4 Å². The molecule has 2 heterocycles. The third-order valence-electron chi connectivity index (χ3n) is 2.51. The Bertz CT molecular complexity index is 542. The van der Waals surface area contributed by atoms with Crippen LogP contribution in [-0.2, 0) is 11.3 Å². The average molecular weight is 326 g/mol. The number of furan rings is 1. The Morgan fingerprint density at radius 3 is 2.74 bits per heavy atom. The number of anilines is 1. The van der Waals surface area contributed by atoms with E-state index in [1.807, 2.05) is 26.0 Å². The Morgan fingerprint density at radius 2 is 2.16 bits per heavy atom. The molecule has 6 heteroatoms. The Hall–Kier alpha value is -1.40. The molecule has 19 heavy (non-hydrogen) atoms. The number of aryl methyl sites for hydroxylation is 1. The quantitative estimate of drug-likeness (QED) is 0.913. The van der Waals surface area contributed by atoms with Crippen LogP contribution in [0.4, 0.5) is 5.82 Å². The molecule has 0 aliphatic carbocycles. The van der Waals surface area contributed by atoms with Crippen molar-refractivity contribution in [1.29, 1.82) is 0 Å². The van der Waals surface area contributed by atoms with E-state index in [0.29, 0.717) is 18.2 Å². The molecule has 0 aliphatic rings. The van der Waals surface area contributed by atoms with Crippen LogP contribution in [0, 0.1) is 6.92 Å². The first-order valence-corrected chi connectivity index (χ1v) is 6.81. The van der Waals surface area contributed by atoms with Crippen molar-refractivity contribution >= 4 is 21.7 Å². The number of aromatic nitrogens is 2. The van der Waals surface area contributed by atoms with Gasteiger partial charge in [-0.15, -0.1) is 0 Å². The van der Waals surface area contributed by atoms with Crippen molar-refractivity contribution in [1.82, 2.24) is 9.97 Å². The summed E-state index contributed by atoms with van der Waals surface area (Å²) in [6, 6.07) is 3.76. The molecule has 2 aromatic heterocycles. The third-order valence-corrected chi connectivity index (χ3v) is 3.34. The molecule has 0 amide bonds. The molecule has 0 aromatic carbocycles. The van der Waals surface area contributed by atoms with Gasteiger partial charge in [0.1, 0.15) is 11.6 Å². The zero-order chi connectivity index (χ0) is 13.8. The van der Waals surface area contributed by atoms with Crippen LogP contribution in [-0.4, -0.2) is 23.6 Å². The van der Waals surface area contributed by atoms with Crippen LogP contribution in [0.15, 0.2) is 21.0 Å². The van der Waals surface area contributed by atoms with Crippen molar-refractivity contribution in [2.45, 2.75) is 20.5 Å². The second-order valence-electron chi connectivity index (χ2n) is 4.03. The summed E-state index contributed by atoms with van der Waals surface area (Å²) >= 11 is 3.50. The largest absolute Gasteiger partial charge is 0.458 e. The lowest BCUT2D eigenvalue weighted by molar-refractivity contribution is 0.181. The highest BCUT2D eigenvalue weighted by atomic mass is 79.9. The van der Waals surface area contributed by atoms with E-state index in [0.717, 1.165) is 28.3 Å². The summed E-state index contributed by atoms with van der Waals surface area (Å²) in [5, 5.41) is 3.20. The van der Waals surface area contributed by atoms with Crippen LogP contribution < -0.4 is 5.32 Å². The lowest BCUT2D eigenvalue weighted by Crippen LogP contribution is -2.06. The molecule has 0 spiro atoms. The van der Waals surface area contributed by atoms with E-state index < -0.39 is 0 Å². The summed E-state index contributed by atoms with van der Waals surface area (Å²) in [5.41, 5.74) is 0.789. The fourth-order valence-corrected chi connectivity index (χ4v) is 2.11. The van der Waals surface area contributed by atoms with Gasteiger partial charge in [-0.1, -0.05) is 0 Å². The first-order chi connectivity index (χ1) is 9.15. The number of nitrogens with zero attached hydrogens (tertiary/aromatic N) is 2. The summed E-state index contributed by atoms with van der Waals surface area (Å²) in [6.45, 7) is 5.09. The van der Waals surface area contributed by atoms with Gasteiger partial charge < -0.3 is 14.5 Å². The van der Waals surface area contributed by atoms with Crippen LogP contribution in [0.25, 0.3) is 11.6 Å². The first-order valence-electron chi connectivity index (χ1n) is 6.01. The molecule has 2 aromatic rings. The monoisotopic (exact) mass is 325 g/mol. The minimum absolute atomic E-state index is 0.411. The number of ether oxygens (including phenoxy) is 1. The van der Waals surface area contributed by atoms with Gasteiger partial charge in [-0.05, 0) is 41.9 Å². The standard InChI is InChI=1S/C13H16BrN3O2/c1-4-15-13-11(14)9(7-18-3)16-12(17-13)10-6-5-8(2)19-10/h5-6H,4,7H2,1-3H3,(H,15,16,17). The maximum Gasteiger partial charge on any atom is 0.198 e. The van der Waals surface area contributed by atoms with Gasteiger partial charge in [-0.25, -0.2) is 9.97 Å². The molecule has 0 fully saturated rings. The molecule has 5 nitrogen and oxygen atoms in total. The van der Waals surface area contributed by atoms with Gasteiger partial charge in [0.2, 0.25) is 0 Å². The molecule has 0 unspecified atom stereocenters. The van der Waals surface area contributed by atoms with E-state index in [9.17, 15) is 0 Å². The highest BCUT2D eigenvalue weighted by molar-refractivity contribution is 9.10. The van der Waals surface area contributed by atoms with Crippen LogP contribution in [0.3, 0.4) is 0 Å². The Kier molecular flexibility index (Phi) is 4.55. The van der Waals surface area contributed by atoms with Gasteiger partial charge in [0.05, 0.1) is 16.8 Å². The summed E-state index contributed by atoms with van der Waals surface area (Å²) in [4.78, 5) is 8.94. The molecule has 0 radical (unpaired) electrons. The van der Waals surface area contributed by atoms with E-state index in [-0.39, 0.29) is 0 Å². The molecule has 102 valence electrons. The van der Waals surface area contributed by atoms with Gasteiger partial charge in [0, 0.05) is 13.7 Å². The number of halogens is 1. The SMILES string of the molecule is CCNc1nc(-c2ccc(C)o2)nc(COC)c1Br. The number of nitrogens with one attached hydrogen (secondary N) is 1. The van der Waals surface area contributed by atoms with Crippen molar-refractivity contribution in [2.24, 2.45) is 0 Å². The van der Waals surface area contributed by atoms with Crippen molar-refractivity contribution in [3.05, 3.63) is 28.1 Å². The van der Waals surface area contributed by atoms with Crippen molar-refractivity contribution in [2.75, 3.05) is 19.0 Å². The van der Waals surface area contributed by atoms with Crippen molar-refractivity contribution < 1.29 is 9.15 Å². The highest BCUT2D eigenvalue weighted by Gasteiger charge is 2.14. The summed E-state index contributed by atoms with van der Waals surface area (Å²) in [7, 11) is 1.64. The van der Waals surface area contributed by atoms with E-state index in [1.54, 1.807) is 7.11 Å². The lowest BCUT2D eigenvalue weighted by atomic mass is 10.3. The van der Waals surface area contributed by atoms with Crippen LogP contribution >= 0.6 is 15.9 Å². The van der Waals surface area contributed by atoms with Crippen molar-refractivity contribution in [3.8, 4) is 11.6 Å². The maximum atomic E-state index is 5.57. The Morgan fingerprint density at radius 1 is 1.37 bits per heavy atom. The predicted octanol–water partition coefficient (Wildman–Crippen LogP) is 3.39. The van der Waals surface area contributed by atoms with Gasteiger partial charge in [0.25, 0.3) is 0 Å². The predicted molar refractivity (Wildman–Crippen MR) is 77.0 cm³/mol. The van der Waals surface area contributed by atoms with Crippen molar-refractivity contribution in [3.63, 3.8) is 0 Å². The van der Waals surface area contributed by atoms with Gasteiger partial charge in [-0.2, -0.15) is 0 Å². The number of hydrogen-bond donors (Lipinski definition) is 1. The molecule has 0 bridgehead atoms. The highest BCUT2D eigenvalue weighted by Crippen LogP contribution is 2.28. The van der Waals surface area contributed by atoms with Gasteiger partial charge in [-0.3, -0.25) is 0 Å². The van der Waals surface area contributed by atoms with E-state index >= 15 is 0 Å². The maximum absolute atomic E-state index is 5.57. The third kappa shape index (κ3) is 3.13. The smallest absolute Gasteiger partial charge is 0.198 e. The van der Waals surface area contributed by atoms with Crippen LogP contribution in [0.2, 0.25) is 0 Å². The topological polar surface area (TPSA) is 60.2 Å². The second kappa shape index (κ2) is 6.16. The second-order valence-corrected chi connectivity index (χ2v) is 4.82. The zero-order valence-electron chi connectivity index (χ0n) is 11.2. The number of methoxy groups -OCH3 is 1. The summed E-state index contributed by atoms with van der Waals surface area (Å²) in [6.07, 6.45) is 0. The Balaban J connectivity index is 2.48. The Labute approximate surface area is 120 Å². The molecule has 0 saturated heterocycles. The lowest BCUT2D eigenvalue weighted by Gasteiger charge is -2.10. The fourth-order valence-electron chi connectivity index (χ4n) is 1.68. The molecule has 0 saturated carbocycles. The fraction of sp³-hybridized carbons (Fsp3) is 0.385. The molecular weight excluding hydrogens is 310 g/mol. The molecule has 1 N–H and O–H groups in total. The van der Waals surface area contributed by atoms with Gasteiger partial charge in [0.15, 0.2) is 11.6 Å². The van der Waals surface area contributed by atoms with Gasteiger partial charge >= 0.3 is 0 Å². The molecular formula is C13H16BrN3O2. The molecule has 0 aliphatic heterocycles. The number of hydrogen-bond acceptors (Lipinski definition) is 5. The molecule has 2 rings (SSSR count).